The second kappa shape index (κ2) is 12.1. The second-order valence-corrected chi connectivity index (χ2v) is 11.5. The summed E-state index contributed by atoms with van der Waals surface area (Å²) in [7, 11) is -2.18. The Balaban J connectivity index is 1.43. The highest BCUT2D eigenvalue weighted by atomic mass is 32.2. The third kappa shape index (κ3) is 6.68. The lowest BCUT2D eigenvalue weighted by atomic mass is 9.81. The van der Waals surface area contributed by atoms with Gasteiger partial charge in [-0.2, -0.15) is 0 Å². The van der Waals surface area contributed by atoms with Crippen LogP contribution in [0.4, 0.5) is 11.4 Å². The van der Waals surface area contributed by atoms with Crippen LogP contribution < -0.4 is 25.0 Å². The predicted octanol–water partition coefficient (Wildman–Crippen LogP) is 4.21. The van der Waals surface area contributed by atoms with Gasteiger partial charge < -0.3 is 20.3 Å². The Labute approximate surface area is 210 Å². The third-order valence-corrected chi connectivity index (χ3v) is 8.78. The molecule has 1 heterocycles. The molecule has 35 heavy (non-hydrogen) atoms. The number of piperazine rings is 1. The summed E-state index contributed by atoms with van der Waals surface area (Å²) in [4.78, 5) is 2.41. The average Bonchev–Trinajstić information content (AvgIpc) is 2.90. The molecule has 192 valence electrons. The minimum atomic E-state index is -3.76. The van der Waals surface area contributed by atoms with E-state index in [4.69, 9.17) is 4.74 Å². The van der Waals surface area contributed by atoms with E-state index >= 15 is 0 Å². The first kappa shape index (κ1) is 25.8. The van der Waals surface area contributed by atoms with E-state index in [0.717, 1.165) is 49.9 Å². The van der Waals surface area contributed by atoms with Gasteiger partial charge in [0.1, 0.15) is 5.75 Å². The fourth-order valence-electron chi connectivity index (χ4n) is 5.27. The molecule has 0 radical (unpaired) electrons. The van der Waals surface area contributed by atoms with Crippen LogP contribution in [0.5, 0.6) is 5.75 Å². The number of hydrogen-bond acceptors (Lipinski definition) is 6. The van der Waals surface area contributed by atoms with Gasteiger partial charge in [-0.05, 0) is 42.1 Å². The van der Waals surface area contributed by atoms with Gasteiger partial charge in [0.25, 0.3) is 10.0 Å². The van der Waals surface area contributed by atoms with Gasteiger partial charge in [-0.15, -0.1) is 0 Å². The molecule has 0 aromatic heterocycles. The molecule has 2 aliphatic rings. The molecular formula is C27H40N4O3S. The lowest BCUT2D eigenvalue weighted by Gasteiger charge is -2.30. The van der Waals surface area contributed by atoms with Crippen molar-refractivity contribution < 1.29 is 13.2 Å². The summed E-state index contributed by atoms with van der Waals surface area (Å²) in [6.45, 7) is 7.41. The number of nitrogens with zero attached hydrogens (tertiary/aromatic N) is 1. The summed E-state index contributed by atoms with van der Waals surface area (Å²) in [5.41, 5.74) is 2.47. The number of rotatable bonds is 10. The van der Waals surface area contributed by atoms with E-state index in [-0.39, 0.29) is 4.90 Å². The number of anilines is 2. The lowest BCUT2D eigenvalue weighted by Crippen LogP contribution is -2.43. The first-order valence-electron chi connectivity index (χ1n) is 12.9. The molecule has 8 heteroatoms. The van der Waals surface area contributed by atoms with Crippen LogP contribution in [0.25, 0.3) is 0 Å². The van der Waals surface area contributed by atoms with Crippen LogP contribution in [0.15, 0.2) is 47.4 Å². The summed E-state index contributed by atoms with van der Waals surface area (Å²) in [6.07, 6.45) is 6.72. The van der Waals surface area contributed by atoms with Gasteiger partial charge in [0.05, 0.1) is 23.4 Å². The molecule has 2 aromatic carbocycles. The third-order valence-electron chi connectivity index (χ3n) is 7.42. The zero-order chi connectivity index (χ0) is 24.7. The van der Waals surface area contributed by atoms with E-state index in [9.17, 15) is 8.42 Å². The zero-order valence-electron chi connectivity index (χ0n) is 21.1. The Morgan fingerprint density at radius 2 is 1.83 bits per heavy atom. The van der Waals surface area contributed by atoms with Crippen LogP contribution in [-0.2, 0) is 16.6 Å². The first-order valence-corrected chi connectivity index (χ1v) is 14.4. The Morgan fingerprint density at radius 1 is 1.09 bits per heavy atom. The van der Waals surface area contributed by atoms with E-state index in [2.05, 4.69) is 27.2 Å². The highest BCUT2D eigenvalue weighted by Crippen LogP contribution is 2.32. The van der Waals surface area contributed by atoms with Crippen molar-refractivity contribution in [3.05, 3.63) is 48.0 Å². The Morgan fingerprint density at radius 3 is 2.57 bits per heavy atom. The molecule has 0 bridgehead atoms. The topological polar surface area (TPSA) is 82.7 Å². The number of methoxy groups -OCH3 is 1. The molecule has 1 aliphatic heterocycles. The van der Waals surface area contributed by atoms with Crippen molar-refractivity contribution in [1.29, 1.82) is 0 Å². The van der Waals surface area contributed by atoms with Crippen LogP contribution in [0.1, 0.15) is 44.6 Å². The normalized spacial score (nSPS) is 18.3. The lowest BCUT2D eigenvalue weighted by molar-refractivity contribution is 0.256. The standard InChI is InChI=1S/C27H40N4O3S/c1-21(22-8-4-3-5-9-22)19-29-20-23-10-6-7-11-25(23)30-35(32,33)24-12-13-26(27(18-24)34-2)31-16-14-28-15-17-31/h6-7,10-13,18,21-22,28-30H,3-5,8-9,14-17,19-20H2,1-2H3. The van der Waals surface area contributed by atoms with Crippen LogP contribution in [0, 0.1) is 11.8 Å². The molecule has 1 aliphatic carbocycles. The second-order valence-electron chi connectivity index (χ2n) is 9.84. The van der Waals surface area contributed by atoms with E-state index in [1.807, 2.05) is 30.3 Å². The van der Waals surface area contributed by atoms with Crippen molar-refractivity contribution in [2.45, 2.75) is 50.5 Å². The molecule has 0 amide bonds. The van der Waals surface area contributed by atoms with Crippen LogP contribution in [-0.4, -0.2) is 48.3 Å². The number of hydrogen-bond donors (Lipinski definition) is 3. The maximum atomic E-state index is 13.3. The maximum absolute atomic E-state index is 13.3. The van der Waals surface area contributed by atoms with E-state index in [1.54, 1.807) is 19.2 Å². The monoisotopic (exact) mass is 500 g/mol. The van der Waals surface area contributed by atoms with E-state index < -0.39 is 10.0 Å². The largest absolute Gasteiger partial charge is 0.495 e. The van der Waals surface area contributed by atoms with Gasteiger partial charge >= 0.3 is 0 Å². The number of nitrogens with one attached hydrogen (secondary N) is 3. The highest BCUT2D eigenvalue weighted by molar-refractivity contribution is 7.92. The number of para-hydroxylation sites is 1. The molecule has 1 saturated heterocycles. The molecule has 3 N–H and O–H groups in total. The van der Waals surface area contributed by atoms with Gasteiger partial charge in [0.2, 0.25) is 0 Å². The van der Waals surface area contributed by atoms with Crippen molar-refractivity contribution in [3.63, 3.8) is 0 Å². The van der Waals surface area contributed by atoms with Crippen molar-refractivity contribution in [2.75, 3.05) is 49.5 Å². The molecule has 0 spiro atoms. The molecule has 1 saturated carbocycles. The highest BCUT2D eigenvalue weighted by Gasteiger charge is 2.22. The molecule has 1 atom stereocenters. The summed E-state index contributed by atoms with van der Waals surface area (Å²) in [5, 5.41) is 6.90. The maximum Gasteiger partial charge on any atom is 0.262 e. The fourth-order valence-corrected chi connectivity index (χ4v) is 6.39. The number of benzene rings is 2. The van der Waals surface area contributed by atoms with E-state index in [0.29, 0.717) is 23.9 Å². The summed E-state index contributed by atoms with van der Waals surface area (Å²) in [5.74, 6) is 1.99. The molecule has 2 aromatic rings. The van der Waals surface area contributed by atoms with Gasteiger partial charge in [0, 0.05) is 38.8 Å². The Bertz CT molecular complexity index is 1060. The van der Waals surface area contributed by atoms with Crippen molar-refractivity contribution in [1.82, 2.24) is 10.6 Å². The summed E-state index contributed by atoms with van der Waals surface area (Å²) < 4.78 is 35.0. The Kier molecular flexibility index (Phi) is 8.92. The molecule has 2 fully saturated rings. The van der Waals surface area contributed by atoms with E-state index in [1.165, 1.54) is 32.1 Å². The van der Waals surface area contributed by atoms with Crippen molar-refractivity contribution in [3.8, 4) is 5.75 Å². The minimum absolute atomic E-state index is 0.196. The van der Waals surface area contributed by atoms with Gasteiger partial charge in [0.15, 0.2) is 0 Å². The average molecular weight is 501 g/mol. The zero-order valence-corrected chi connectivity index (χ0v) is 21.9. The van der Waals surface area contributed by atoms with Gasteiger partial charge in [-0.3, -0.25) is 4.72 Å². The van der Waals surface area contributed by atoms with Gasteiger partial charge in [-0.1, -0.05) is 57.2 Å². The fraction of sp³-hybridized carbons (Fsp3) is 0.556. The van der Waals surface area contributed by atoms with Gasteiger partial charge in [-0.25, -0.2) is 8.42 Å². The van der Waals surface area contributed by atoms with Crippen molar-refractivity contribution >= 4 is 21.4 Å². The SMILES string of the molecule is COc1cc(S(=O)(=O)Nc2ccccc2CNCC(C)C2CCCCC2)ccc1N1CCNCC1. The predicted molar refractivity (Wildman–Crippen MR) is 143 cm³/mol. The first-order chi connectivity index (χ1) is 17.0. The molecule has 7 nitrogen and oxygen atoms in total. The molecule has 1 unspecified atom stereocenters. The van der Waals surface area contributed by atoms with Crippen molar-refractivity contribution in [2.24, 2.45) is 11.8 Å². The Hall–Kier alpha value is -2.29. The summed E-state index contributed by atoms with van der Waals surface area (Å²) in [6, 6.07) is 12.7. The summed E-state index contributed by atoms with van der Waals surface area (Å²) >= 11 is 0. The number of sulfonamides is 1. The molecular weight excluding hydrogens is 460 g/mol. The smallest absolute Gasteiger partial charge is 0.262 e. The van der Waals surface area contributed by atoms with Crippen LogP contribution in [0.3, 0.4) is 0 Å². The number of ether oxygens (including phenoxy) is 1. The van der Waals surface area contributed by atoms with Crippen LogP contribution in [0.2, 0.25) is 0 Å². The minimum Gasteiger partial charge on any atom is -0.495 e. The van der Waals surface area contributed by atoms with Crippen LogP contribution >= 0.6 is 0 Å². The quantitative estimate of drug-likeness (QED) is 0.453. The molecule has 4 rings (SSSR count).